The van der Waals surface area contributed by atoms with Gasteiger partial charge < -0.3 is 5.11 Å². The smallest absolute Gasteiger partial charge is 0.334 e. The van der Waals surface area contributed by atoms with Gasteiger partial charge in [0.05, 0.1) is 4.92 Å². The van der Waals surface area contributed by atoms with Gasteiger partial charge in [-0.1, -0.05) is 30.3 Å². The van der Waals surface area contributed by atoms with E-state index in [9.17, 15) is 15.2 Å². The van der Waals surface area contributed by atoms with Crippen molar-refractivity contribution < 1.29 is 10.0 Å². The molecule has 3 rings (SSSR count). The molecule has 8 heteroatoms. The Morgan fingerprint density at radius 2 is 2.00 bits per heavy atom. The molecule has 0 amide bonds. The number of nitrogens with zero attached hydrogens (tertiary/aromatic N) is 4. The number of nitrogens with one attached hydrogen (secondary N) is 1. The molecule has 0 aliphatic rings. The number of rotatable bonds is 3. The molecule has 2 N–H and O–H groups in total. The highest BCUT2D eigenvalue weighted by Gasteiger charge is 2.16. The topological polar surface area (TPSA) is 117 Å². The maximum Gasteiger partial charge on any atom is 0.334 e. The van der Waals surface area contributed by atoms with Crippen LogP contribution in [0.15, 0.2) is 52.8 Å². The number of azo groups is 1. The molecule has 2 aromatic carbocycles. The summed E-state index contributed by atoms with van der Waals surface area (Å²) in [7, 11) is 0. The molecule has 3 aromatic rings. The average molecular weight is 283 g/mol. The number of phenols is 1. The number of aromatic hydroxyl groups is 1. The van der Waals surface area contributed by atoms with Crippen molar-refractivity contribution in [2.24, 2.45) is 10.2 Å². The van der Waals surface area contributed by atoms with Crippen molar-refractivity contribution in [3.63, 3.8) is 0 Å². The molecular formula is C13H9N5O3. The third kappa shape index (κ3) is 2.29. The van der Waals surface area contributed by atoms with E-state index in [-0.39, 0.29) is 22.9 Å². The average Bonchev–Trinajstić information content (AvgIpc) is 2.95. The largest absolute Gasteiger partial charge is 0.506 e. The van der Waals surface area contributed by atoms with E-state index in [1.54, 1.807) is 18.2 Å². The number of nitro groups is 1. The number of hydrogen-bond acceptors (Lipinski definition) is 6. The predicted molar refractivity (Wildman–Crippen MR) is 75.0 cm³/mol. The molecule has 0 saturated carbocycles. The summed E-state index contributed by atoms with van der Waals surface area (Å²) in [5, 5.41) is 35.9. The summed E-state index contributed by atoms with van der Waals surface area (Å²) in [5.74, 6) is -0.132. The van der Waals surface area contributed by atoms with Crippen molar-refractivity contribution in [1.29, 1.82) is 0 Å². The van der Waals surface area contributed by atoms with Crippen LogP contribution in [0.4, 0.5) is 17.2 Å². The second-order valence-electron chi connectivity index (χ2n) is 4.22. The second-order valence-corrected chi connectivity index (χ2v) is 4.22. The second kappa shape index (κ2) is 5.00. The van der Waals surface area contributed by atoms with Crippen LogP contribution >= 0.6 is 0 Å². The molecule has 0 fully saturated rings. The van der Waals surface area contributed by atoms with E-state index < -0.39 is 4.92 Å². The molecule has 1 aromatic heterocycles. The third-order valence-corrected chi connectivity index (χ3v) is 2.93. The van der Waals surface area contributed by atoms with Crippen molar-refractivity contribution in [3.05, 3.63) is 52.7 Å². The Bertz CT molecular complexity index is 856. The van der Waals surface area contributed by atoms with Crippen LogP contribution in [0.5, 0.6) is 5.75 Å². The Morgan fingerprint density at radius 3 is 2.81 bits per heavy atom. The third-order valence-electron chi connectivity index (χ3n) is 2.93. The molecule has 0 spiro atoms. The monoisotopic (exact) mass is 283 g/mol. The van der Waals surface area contributed by atoms with Gasteiger partial charge in [-0.05, 0) is 11.5 Å². The zero-order valence-corrected chi connectivity index (χ0v) is 10.6. The SMILES string of the molecule is O=[N+]([O-])c1cn[nH]c1N=Nc1c(O)ccc2ccccc12. The van der Waals surface area contributed by atoms with Gasteiger partial charge >= 0.3 is 5.69 Å². The number of benzene rings is 2. The van der Waals surface area contributed by atoms with E-state index in [2.05, 4.69) is 20.4 Å². The van der Waals surface area contributed by atoms with Crippen LogP contribution in [0.25, 0.3) is 10.8 Å². The van der Waals surface area contributed by atoms with Gasteiger partial charge in [-0.15, -0.1) is 10.2 Å². The van der Waals surface area contributed by atoms with E-state index in [1.165, 1.54) is 6.07 Å². The molecule has 0 aliphatic heterocycles. The van der Waals surface area contributed by atoms with E-state index in [0.717, 1.165) is 11.6 Å². The zero-order valence-electron chi connectivity index (χ0n) is 10.6. The molecule has 1 heterocycles. The van der Waals surface area contributed by atoms with Gasteiger partial charge in [0.15, 0.2) is 0 Å². The molecule has 0 aliphatic carbocycles. The van der Waals surface area contributed by atoms with Crippen LogP contribution in [-0.4, -0.2) is 20.2 Å². The lowest BCUT2D eigenvalue weighted by Crippen LogP contribution is -1.84. The summed E-state index contributed by atoms with van der Waals surface area (Å²) in [6, 6.07) is 10.6. The molecule has 0 unspecified atom stereocenters. The van der Waals surface area contributed by atoms with Crippen molar-refractivity contribution in [3.8, 4) is 5.75 Å². The van der Waals surface area contributed by atoms with Crippen LogP contribution in [0.3, 0.4) is 0 Å². The fraction of sp³-hybridized carbons (Fsp3) is 0. The minimum atomic E-state index is -0.610. The van der Waals surface area contributed by atoms with Crippen LogP contribution in [0, 0.1) is 10.1 Å². The number of fused-ring (bicyclic) bond motifs is 1. The lowest BCUT2D eigenvalue weighted by atomic mass is 10.1. The highest BCUT2D eigenvalue weighted by atomic mass is 16.6. The normalized spacial score (nSPS) is 11.2. The summed E-state index contributed by atoms with van der Waals surface area (Å²) in [6.07, 6.45) is 1.05. The standard InChI is InChI=1S/C13H9N5O3/c19-11-6-5-8-3-1-2-4-9(8)12(11)15-17-13-10(18(20)21)7-14-16-13/h1-7,19H,(H,14,16). The first-order chi connectivity index (χ1) is 10.2. The maximum atomic E-state index is 10.8. The van der Waals surface area contributed by atoms with Gasteiger partial charge in [0.25, 0.3) is 0 Å². The Balaban J connectivity index is 2.09. The molecular weight excluding hydrogens is 274 g/mol. The Morgan fingerprint density at radius 1 is 1.19 bits per heavy atom. The van der Waals surface area contributed by atoms with Crippen LogP contribution in [0.2, 0.25) is 0 Å². The van der Waals surface area contributed by atoms with Crippen molar-refractivity contribution in [2.75, 3.05) is 0 Å². The van der Waals surface area contributed by atoms with E-state index >= 15 is 0 Å². The van der Waals surface area contributed by atoms with Gasteiger partial charge in [-0.2, -0.15) is 5.10 Å². The molecule has 0 atom stereocenters. The molecule has 8 nitrogen and oxygen atoms in total. The first-order valence-corrected chi connectivity index (χ1v) is 5.97. The molecule has 0 bridgehead atoms. The minimum Gasteiger partial charge on any atom is -0.506 e. The fourth-order valence-electron chi connectivity index (χ4n) is 1.93. The predicted octanol–water partition coefficient (Wildman–Crippen LogP) is 3.59. The van der Waals surface area contributed by atoms with E-state index in [0.29, 0.717) is 5.39 Å². The van der Waals surface area contributed by atoms with Crippen molar-refractivity contribution in [1.82, 2.24) is 10.2 Å². The quantitative estimate of drug-likeness (QED) is 0.434. The van der Waals surface area contributed by atoms with Crippen molar-refractivity contribution >= 4 is 28.0 Å². The Hall–Kier alpha value is -3.29. The number of aromatic nitrogens is 2. The lowest BCUT2D eigenvalue weighted by Gasteiger charge is -2.02. The highest BCUT2D eigenvalue weighted by Crippen LogP contribution is 2.36. The minimum absolute atomic E-state index is 0.0559. The Labute approximate surface area is 117 Å². The Kier molecular flexibility index (Phi) is 3.03. The fourth-order valence-corrected chi connectivity index (χ4v) is 1.93. The van der Waals surface area contributed by atoms with E-state index in [4.69, 9.17) is 0 Å². The van der Waals surface area contributed by atoms with Gasteiger partial charge in [0, 0.05) is 5.39 Å². The van der Waals surface area contributed by atoms with Gasteiger partial charge in [0.1, 0.15) is 17.6 Å². The zero-order chi connectivity index (χ0) is 14.8. The summed E-state index contributed by atoms with van der Waals surface area (Å²) in [5.41, 5.74) is -0.0320. The summed E-state index contributed by atoms with van der Waals surface area (Å²) in [6.45, 7) is 0. The number of H-pyrrole nitrogens is 1. The van der Waals surface area contributed by atoms with E-state index in [1.807, 2.05) is 12.1 Å². The van der Waals surface area contributed by atoms with Crippen molar-refractivity contribution in [2.45, 2.75) is 0 Å². The first kappa shape index (κ1) is 12.7. The summed E-state index contributed by atoms with van der Waals surface area (Å²) >= 11 is 0. The lowest BCUT2D eigenvalue weighted by molar-refractivity contribution is -0.384. The first-order valence-electron chi connectivity index (χ1n) is 5.97. The van der Waals surface area contributed by atoms with Gasteiger partial charge in [-0.3, -0.25) is 15.2 Å². The van der Waals surface area contributed by atoms with Crippen LogP contribution in [0.1, 0.15) is 0 Å². The number of hydrogen-bond donors (Lipinski definition) is 2. The molecule has 0 radical (unpaired) electrons. The maximum absolute atomic E-state index is 10.8. The molecule has 0 saturated heterocycles. The van der Waals surface area contributed by atoms with Gasteiger partial charge in [-0.25, -0.2) is 0 Å². The van der Waals surface area contributed by atoms with Crippen LogP contribution in [-0.2, 0) is 0 Å². The number of aromatic amines is 1. The highest BCUT2D eigenvalue weighted by molar-refractivity contribution is 5.95. The molecule has 104 valence electrons. The number of phenolic OH excluding ortho intramolecular Hbond substituents is 1. The van der Waals surface area contributed by atoms with Crippen LogP contribution < -0.4 is 0 Å². The molecule has 21 heavy (non-hydrogen) atoms. The summed E-state index contributed by atoms with van der Waals surface area (Å²) in [4.78, 5) is 10.2. The summed E-state index contributed by atoms with van der Waals surface area (Å²) < 4.78 is 0. The van der Waals surface area contributed by atoms with Gasteiger partial charge in [0.2, 0.25) is 5.82 Å².